The first-order valence-electron chi connectivity index (χ1n) is 11.2. The Hall–Kier alpha value is -2.43. The number of nitrogens with zero attached hydrogens (tertiary/aromatic N) is 3. The molecule has 6 atom stereocenters. The molecular formula is C24H30N4O3. The molecule has 7 heteroatoms. The lowest BCUT2D eigenvalue weighted by atomic mass is 9.56. The Kier molecular flexibility index (Phi) is 4.65. The quantitative estimate of drug-likeness (QED) is 0.806. The number of ether oxygens (including phenoxy) is 2. The van der Waals surface area contributed by atoms with Gasteiger partial charge < -0.3 is 15.2 Å². The van der Waals surface area contributed by atoms with E-state index in [0.717, 1.165) is 43.4 Å². The van der Waals surface area contributed by atoms with Crippen molar-refractivity contribution in [1.82, 2.24) is 4.90 Å². The van der Waals surface area contributed by atoms with Crippen LogP contribution < -0.4 is 5.73 Å². The highest BCUT2D eigenvalue weighted by Crippen LogP contribution is 2.63. The largest absolute Gasteiger partial charge is 0.381 e. The van der Waals surface area contributed by atoms with Gasteiger partial charge in [0.05, 0.1) is 30.4 Å². The van der Waals surface area contributed by atoms with Gasteiger partial charge in [0, 0.05) is 19.1 Å². The van der Waals surface area contributed by atoms with Crippen molar-refractivity contribution in [2.75, 3.05) is 20.3 Å². The zero-order valence-electron chi connectivity index (χ0n) is 18.4. The Morgan fingerprint density at radius 3 is 2.65 bits per heavy atom. The Morgan fingerprint density at radius 1 is 1.35 bits per heavy atom. The molecule has 31 heavy (non-hydrogen) atoms. The summed E-state index contributed by atoms with van der Waals surface area (Å²) in [4.78, 5) is 20.8. The molecule has 1 aromatic rings. The SMILES string of the molecule is CO[C@H]1[C@H](C)C[C@@]2(Cc3ccc(C#N)cc3[C@]23N=C(N)N(C[C@H]2CCO2)C3=O)C[C@@H]1C. The van der Waals surface area contributed by atoms with Crippen molar-refractivity contribution in [1.29, 1.82) is 5.26 Å². The predicted octanol–water partition coefficient (Wildman–Crippen LogP) is 2.32. The smallest absolute Gasteiger partial charge is 0.262 e. The summed E-state index contributed by atoms with van der Waals surface area (Å²) < 4.78 is 11.4. The van der Waals surface area contributed by atoms with Crippen molar-refractivity contribution in [3.05, 3.63) is 34.9 Å². The summed E-state index contributed by atoms with van der Waals surface area (Å²) in [5, 5.41) is 9.54. The van der Waals surface area contributed by atoms with Crippen molar-refractivity contribution < 1.29 is 14.3 Å². The van der Waals surface area contributed by atoms with Gasteiger partial charge in [-0.1, -0.05) is 19.9 Å². The molecule has 1 aromatic carbocycles. The maximum absolute atomic E-state index is 14.2. The van der Waals surface area contributed by atoms with Crippen LogP contribution in [0, 0.1) is 28.6 Å². The van der Waals surface area contributed by atoms with Crippen LogP contribution in [0.3, 0.4) is 0 Å². The van der Waals surface area contributed by atoms with E-state index in [9.17, 15) is 10.1 Å². The number of guanidine groups is 1. The van der Waals surface area contributed by atoms with E-state index >= 15 is 0 Å². The van der Waals surface area contributed by atoms with E-state index < -0.39 is 5.54 Å². The molecule has 2 aliphatic carbocycles. The van der Waals surface area contributed by atoms with Crippen LogP contribution in [0.2, 0.25) is 0 Å². The number of nitrogens with two attached hydrogens (primary N) is 1. The van der Waals surface area contributed by atoms with Gasteiger partial charge in [-0.2, -0.15) is 5.26 Å². The van der Waals surface area contributed by atoms with Crippen LogP contribution in [0.25, 0.3) is 0 Å². The van der Waals surface area contributed by atoms with Crippen molar-refractivity contribution in [3.63, 3.8) is 0 Å². The number of rotatable bonds is 3. The van der Waals surface area contributed by atoms with E-state index in [1.165, 1.54) is 0 Å². The van der Waals surface area contributed by atoms with Crippen molar-refractivity contribution in [2.45, 2.75) is 57.3 Å². The summed E-state index contributed by atoms with van der Waals surface area (Å²) in [6, 6.07) is 7.93. The average molecular weight is 423 g/mol. The first-order valence-corrected chi connectivity index (χ1v) is 11.2. The van der Waals surface area contributed by atoms with E-state index in [1.54, 1.807) is 12.0 Å². The Morgan fingerprint density at radius 2 is 2.06 bits per heavy atom. The summed E-state index contributed by atoms with van der Waals surface area (Å²) in [5.74, 6) is 0.765. The van der Waals surface area contributed by atoms with Gasteiger partial charge in [0.2, 0.25) is 0 Å². The number of carbonyl (C=O) groups excluding carboxylic acids is 1. The van der Waals surface area contributed by atoms with Crippen LogP contribution in [0.15, 0.2) is 23.2 Å². The lowest BCUT2D eigenvalue weighted by molar-refractivity contribution is -0.145. The van der Waals surface area contributed by atoms with Crippen LogP contribution in [0.5, 0.6) is 0 Å². The van der Waals surface area contributed by atoms with Gasteiger partial charge in [0.25, 0.3) is 5.91 Å². The minimum atomic E-state index is -1.08. The van der Waals surface area contributed by atoms with E-state index in [4.69, 9.17) is 20.2 Å². The second kappa shape index (κ2) is 7.04. The van der Waals surface area contributed by atoms with Crippen LogP contribution in [-0.2, 0) is 26.2 Å². The van der Waals surface area contributed by atoms with Crippen LogP contribution >= 0.6 is 0 Å². The molecule has 0 unspecified atom stereocenters. The highest BCUT2D eigenvalue weighted by atomic mass is 16.5. The molecule has 2 N–H and O–H groups in total. The maximum atomic E-state index is 14.2. The number of fused-ring (bicyclic) bond motifs is 3. The Labute approximate surface area is 183 Å². The number of methoxy groups -OCH3 is 1. The monoisotopic (exact) mass is 422 g/mol. The fourth-order valence-corrected chi connectivity index (χ4v) is 6.84. The van der Waals surface area contributed by atoms with E-state index in [1.807, 2.05) is 18.2 Å². The van der Waals surface area contributed by atoms with Crippen LogP contribution in [-0.4, -0.2) is 49.2 Å². The molecule has 7 nitrogen and oxygen atoms in total. The second-order valence-electron chi connectivity index (χ2n) is 9.88. The van der Waals surface area contributed by atoms with Gasteiger partial charge in [-0.25, -0.2) is 4.99 Å². The number of hydrogen-bond acceptors (Lipinski definition) is 6. The number of nitriles is 1. The van der Waals surface area contributed by atoms with E-state index in [2.05, 4.69) is 19.9 Å². The highest BCUT2D eigenvalue weighted by Gasteiger charge is 2.68. The summed E-state index contributed by atoms with van der Waals surface area (Å²) >= 11 is 0. The molecular weight excluding hydrogens is 392 g/mol. The van der Waals surface area contributed by atoms with Gasteiger partial charge in [-0.15, -0.1) is 0 Å². The predicted molar refractivity (Wildman–Crippen MR) is 115 cm³/mol. The van der Waals surface area contributed by atoms with Crippen molar-refractivity contribution in [2.24, 2.45) is 28.0 Å². The van der Waals surface area contributed by atoms with E-state index in [0.29, 0.717) is 12.1 Å². The number of hydrogen-bond donors (Lipinski definition) is 1. The number of aliphatic imine (C=N–C) groups is 1. The molecule has 2 fully saturated rings. The molecule has 0 radical (unpaired) electrons. The number of carbonyl (C=O) groups is 1. The topological polar surface area (TPSA) is 101 Å². The number of benzene rings is 1. The summed E-state index contributed by atoms with van der Waals surface area (Å²) in [6.07, 6.45) is 3.49. The van der Waals surface area contributed by atoms with Gasteiger partial charge >= 0.3 is 0 Å². The van der Waals surface area contributed by atoms with Gasteiger partial charge in [-0.3, -0.25) is 9.69 Å². The average Bonchev–Trinajstić information content (AvgIpc) is 3.10. The molecule has 5 rings (SSSR count). The first kappa shape index (κ1) is 20.5. The fraction of sp³-hybridized carbons (Fsp3) is 0.625. The third kappa shape index (κ3) is 2.71. The molecule has 1 saturated heterocycles. The number of amides is 1. The third-order valence-corrected chi connectivity index (χ3v) is 8.04. The summed E-state index contributed by atoms with van der Waals surface area (Å²) in [6.45, 7) is 5.57. The Balaban J connectivity index is 1.65. The second-order valence-corrected chi connectivity index (χ2v) is 9.88. The van der Waals surface area contributed by atoms with Crippen molar-refractivity contribution >= 4 is 11.9 Å². The van der Waals surface area contributed by atoms with Crippen LogP contribution in [0.1, 0.15) is 49.8 Å². The first-order chi connectivity index (χ1) is 14.8. The van der Waals surface area contributed by atoms with E-state index in [-0.39, 0.29) is 41.3 Å². The molecule has 1 amide bonds. The lowest BCUT2D eigenvalue weighted by Crippen LogP contribution is -2.56. The third-order valence-electron chi connectivity index (χ3n) is 8.04. The Bertz CT molecular complexity index is 983. The molecule has 164 valence electrons. The molecule has 4 aliphatic rings. The van der Waals surface area contributed by atoms with Crippen molar-refractivity contribution in [3.8, 4) is 6.07 Å². The normalized spacial score (nSPS) is 38.8. The molecule has 0 aromatic heterocycles. The van der Waals surface area contributed by atoms with Crippen LogP contribution in [0.4, 0.5) is 0 Å². The minimum absolute atomic E-state index is 0.0113. The maximum Gasteiger partial charge on any atom is 0.262 e. The van der Waals surface area contributed by atoms with Gasteiger partial charge in [0.1, 0.15) is 0 Å². The highest BCUT2D eigenvalue weighted by molar-refractivity contribution is 6.08. The summed E-state index contributed by atoms with van der Waals surface area (Å²) in [7, 11) is 1.77. The molecule has 2 heterocycles. The molecule has 0 bridgehead atoms. The molecule has 1 saturated carbocycles. The zero-order chi connectivity index (χ0) is 22.0. The minimum Gasteiger partial charge on any atom is -0.381 e. The molecule has 2 spiro atoms. The molecule has 2 aliphatic heterocycles. The lowest BCUT2D eigenvalue weighted by Gasteiger charge is -2.50. The summed E-state index contributed by atoms with van der Waals surface area (Å²) in [5.41, 5.74) is 7.44. The standard InChI is InChI=1S/C24H30N4O3/c1-14-9-23(10-15(2)20(14)30-3)11-17-5-4-16(12-25)8-19(17)24(23)21(29)28(22(26)27-24)13-18-6-7-31-18/h4-5,8,14-15,18,20H,6-7,9-11,13H2,1-3H3,(H2,26,27)/t14-,15+,18-,20+,23+,24-/m1/s1. The van der Waals surface area contributed by atoms with Gasteiger partial charge in [-0.05, 0) is 60.8 Å². The zero-order valence-corrected chi connectivity index (χ0v) is 18.4. The van der Waals surface area contributed by atoms with Gasteiger partial charge in [0.15, 0.2) is 11.5 Å². The fourth-order valence-electron chi connectivity index (χ4n) is 6.84.